The van der Waals surface area contributed by atoms with Crippen LogP contribution in [0.5, 0.6) is 5.75 Å². The van der Waals surface area contributed by atoms with Crippen molar-refractivity contribution in [1.82, 2.24) is 4.90 Å². The van der Waals surface area contributed by atoms with E-state index in [0.717, 1.165) is 38.5 Å². The molecule has 0 N–H and O–H groups in total. The van der Waals surface area contributed by atoms with Gasteiger partial charge in [-0.3, -0.25) is 14.5 Å². The van der Waals surface area contributed by atoms with Crippen LogP contribution in [-0.4, -0.2) is 29.9 Å². The number of rotatable bonds is 11. The number of ether oxygens (including phenoxy) is 1. The lowest BCUT2D eigenvalue weighted by molar-refractivity contribution is 0.0651. The van der Waals surface area contributed by atoms with Crippen LogP contribution in [0, 0.1) is 11.6 Å². The van der Waals surface area contributed by atoms with Gasteiger partial charge in [0.05, 0.1) is 23.3 Å². The quantitative estimate of drug-likeness (QED) is 0.236. The molecule has 3 aromatic rings. The predicted molar refractivity (Wildman–Crippen MR) is 127 cm³/mol. The minimum atomic E-state index is -0.513. The Morgan fingerprint density at radius 3 is 1.85 bits per heavy atom. The van der Waals surface area contributed by atoms with Crippen LogP contribution < -0.4 is 4.74 Å². The van der Waals surface area contributed by atoms with Crippen LogP contribution in [0.3, 0.4) is 0 Å². The number of benzene rings is 3. The van der Waals surface area contributed by atoms with Gasteiger partial charge < -0.3 is 4.74 Å². The standard InChI is InChI=1S/C28H27F2NO3/c29-23-15-8-7-14-22(23)26-24(30)16-11-17-25(26)34-19-10-4-2-1-3-9-18-31-27(32)20-12-5-6-13-21(20)28(31)33/h5-8,11-17H,1-4,9-10,18-19H2. The summed E-state index contributed by atoms with van der Waals surface area (Å²) in [5.74, 6) is -1.07. The summed E-state index contributed by atoms with van der Waals surface area (Å²) in [5.41, 5.74) is 1.32. The zero-order valence-electron chi connectivity index (χ0n) is 18.9. The number of fused-ring (bicyclic) bond motifs is 1. The lowest BCUT2D eigenvalue weighted by atomic mass is 10.0. The topological polar surface area (TPSA) is 46.6 Å². The number of unbranched alkanes of at least 4 members (excludes halogenated alkanes) is 5. The third-order valence-electron chi connectivity index (χ3n) is 6.03. The molecule has 0 aromatic heterocycles. The molecular formula is C28H27F2NO3. The third-order valence-corrected chi connectivity index (χ3v) is 6.03. The highest BCUT2D eigenvalue weighted by Crippen LogP contribution is 2.34. The molecule has 4 rings (SSSR count). The van der Waals surface area contributed by atoms with Crippen molar-refractivity contribution in [3.05, 3.63) is 89.5 Å². The number of carbonyl (C=O) groups is 2. The Bertz CT molecular complexity index is 1140. The van der Waals surface area contributed by atoms with E-state index in [4.69, 9.17) is 4.74 Å². The van der Waals surface area contributed by atoms with Crippen LogP contribution in [0.1, 0.15) is 59.2 Å². The molecule has 4 nitrogen and oxygen atoms in total. The summed E-state index contributed by atoms with van der Waals surface area (Å²) in [6, 6.07) is 17.5. The second kappa shape index (κ2) is 11.1. The summed E-state index contributed by atoms with van der Waals surface area (Å²) < 4.78 is 34.4. The van der Waals surface area contributed by atoms with E-state index in [0.29, 0.717) is 30.0 Å². The van der Waals surface area contributed by atoms with Gasteiger partial charge in [-0.1, -0.05) is 62.1 Å². The molecule has 0 spiro atoms. The molecule has 176 valence electrons. The van der Waals surface area contributed by atoms with E-state index in [1.807, 2.05) is 0 Å². The molecular weight excluding hydrogens is 436 g/mol. The van der Waals surface area contributed by atoms with Gasteiger partial charge >= 0.3 is 0 Å². The maximum absolute atomic E-state index is 14.4. The molecule has 0 aliphatic carbocycles. The first-order valence-electron chi connectivity index (χ1n) is 11.7. The fourth-order valence-electron chi connectivity index (χ4n) is 4.25. The smallest absolute Gasteiger partial charge is 0.261 e. The average Bonchev–Trinajstić information content (AvgIpc) is 3.08. The summed E-state index contributed by atoms with van der Waals surface area (Å²) in [4.78, 5) is 26.1. The molecule has 1 heterocycles. The maximum atomic E-state index is 14.4. The van der Waals surface area contributed by atoms with Crippen LogP contribution in [0.25, 0.3) is 11.1 Å². The first-order valence-corrected chi connectivity index (χ1v) is 11.7. The SMILES string of the molecule is O=C1c2ccccc2C(=O)N1CCCCCCCCOc1cccc(F)c1-c1ccccc1F. The van der Waals surface area contributed by atoms with Gasteiger partial charge in [0, 0.05) is 12.1 Å². The highest BCUT2D eigenvalue weighted by Gasteiger charge is 2.34. The van der Waals surface area contributed by atoms with Gasteiger partial charge in [0.1, 0.15) is 17.4 Å². The molecule has 0 radical (unpaired) electrons. The number of hydrogen-bond acceptors (Lipinski definition) is 3. The Labute approximate surface area is 198 Å². The van der Waals surface area contributed by atoms with Gasteiger partial charge in [-0.05, 0) is 43.2 Å². The number of carbonyl (C=O) groups excluding carboxylic acids is 2. The van der Waals surface area contributed by atoms with Crippen LogP contribution >= 0.6 is 0 Å². The second-order valence-electron chi connectivity index (χ2n) is 8.37. The van der Waals surface area contributed by atoms with E-state index in [2.05, 4.69) is 0 Å². The van der Waals surface area contributed by atoms with Gasteiger partial charge in [-0.25, -0.2) is 8.78 Å². The number of hydrogen-bond donors (Lipinski definition) is 0. The summed E-state index contributed by atoms with van der Waals surface area (Å²) in [6.07, 6.45) is 5.42. The summed E-state index contributed by atoms with van der Waals surface area (Å²) in [6.45, 7) is 0.855. The average molecular weight is 464 g/mol. The number of halogens is 2. The summed E-state index contributed by atoms with van der Waals surface area (Å²) in [5, 5.41) is 0. The molecule has 0 saturated carbocycles. The Kier molecular flexibility index (Phi) is 7.68. The van der Waals surface area contributed by atoms with Crippen molar-refractivity contribution in [3.63, 3.8) is 0 Å². The fraction of sp³-hybridized carbons (Fsp3) is 0.286. The molecule has 0 fully saturated rings. The van der Waals surface area contributed by atoms with Gasteiger partial charge in [-0.2, -0.15) is 0 Å². The molecule has 1 aliphatic rings. The zero-order valence-corrected chi connectivity index (χ0v) is 18.9. The molecule has 0 atom stereocenters. The summed E-state index contributed by atoms with van der Waals surface area (Å²) in [7, 11) is 0. The molecule has 6 heteroatoms. The van der Waals surface area contributed by atoms with Crippen LogP contribution in [0.15, 0.2) is 66.7 Å². The van der Waals surface area contributed by atoms with Gasteiger partial charge in [0.2, 0.25) is 0 Å². The predicted octanol–water partition coefficient (Wildman–Crippen LogP) is 6.65. The summed E-state index contributed by atoms with van der Waals surface area (Å²) >= 11 is 0. The van der Waals surface area contributed by atoms with Crippen molar-refractivity contribution in [2.45, 2.75) is 38.5 Å². The largest absolute Gasteiger partial charge is 0.493 e. The first kappa shape index (κ1) is 23.6. The van der Waals surface area contributed by atoms with Gasteiger partial charge in [0.15, 0.2) is 0 Å². The zero-order chi connectivity index (χ0) is 23.9. The normalized spacial score (nSPS) is 12.8. The highest BCUT2D eigenvalue weighted by atomic mass is 19.1. The van der Waals surface area contributed by atoms with E-state index in [9.17, 15) is 18.4 Å². The van der Waals surface area contributed by atoms with Crippen molar-refractivity contribution in [3.8, 4) is 16.9 Å². The van der Waals surface area contributed by atoms with Crippen molar-refractivity contribution >= 4 is 11.8 Å². The van der Waals surface area contributed by atoms with E-state index in [1.54, 1.807) is 54.6 Å². The molecule has 0 saturated heterocycles. The fourth-order valence-corrected chi connectivity index (χ4v) is 4.25. The molecule has 0 unspecified atom stereocenters. The minimum absolute atomic E-state index is 0.147. The maximum Gasteiger partial charge on any atom is 0.261 e. The van der Waals surface area contributed by atoms with E-state index in [1.165, 1.54) is 17.0 Å². The second-order valence-corrected chi connectivity index (χ2v) is 8.37. The lowest BCUT2D eigenvalue weighted by Gasteiger charge is -2.14. The van der Waals surface area contributed by atoms with Crippen LogP contribution in [-0.2, 0) is 0 Å². The van der Waals surface area contributed by atoms with Crippen molar-refractivity contribution in [1.29, 1.82) is 0 Å². The van der Waals surface area contributed by atoms with Gasteiger partial charge in [-0.15, -0.1) is 0 Å². The monoisotopic (exact) mass is 463 g/mol. The van der Waals surface area contributed by atoms with Crippen molar-refractivity contribution in [2.24, 2.45) is 0 Å². The Morgan fingerprint density at radius 1 is 0.618 bits per heavy atom. The third kappa shape index (κ3) is 5.16. The van der Waals surface area contributed by atoms with Gasteiger partial charge in [0.25, 0.3) is 11.8 Å². The Hall–Kier alpha value is -3.54. The van der Waals surface area contributed by atoms with E-state index >= 15 is 0 Å². The van der Waals surface area contributed by atoms with E-state index in [-0.39, 0.29) is 22.9 Å². The lowest BCUT2D eigenvalue weighted by Crippen LogP contribution is -2.30. The minimum Gasteiger partial charge on any atom is -0.493 e. The number of nitrogens with zero attached hydrogens (tertiary/aromatic N) is 1. The molecule has 0 bridgehead atoms. The van der Waals surface area contributed by atoms with Crippen LogP contribution in [0.4, 0.5) is 8.78 Å². The van der Waals surface area contributed by atoms with E-state index < -0.39 is 11.6 Å². The number of amides is 2. The molecule has 34 heavy (non-hydrogen) atoms. The van der Waals surface area contributed by atoms with Crippen LogP contribution in [0.2, 0.25) is 0 Å². The molecule has 3 aromatic carbocycles. The molecule has 1 aliphatic heterocycles. The highest BCUT2D eigenvalue weighted by molar-refractivity contribution is 6.21. The molecule has 2 amide bonds. The number of imide groups is 1. The Balaban J connectivity index is 1.15. The van der Waals surface area contributed by atoms with Crippen molar-refractivity contribution in [2.75, 3.05) is 13.2 Å². The first-order chi connectivity index (χ1) is 16.6. The Morgan fingerprint density at radius 2 is 1.18 bits per heavy atom. The van der Waals surface area contributed by atoms with Crippen molar-refractivity contribution < 1.29 is 23.1 Å².